The minimum absolute atomic E-state index is 0.211. The number of benzene rings is 2. The number of amides is 1. The zero-order chi connectivity index (χ0) is 22.2. The molecule has 0 bridgehead atoms. The standard InChI is InChI=1S/C19H15FN6O5/c20-13-5-3-12(4-6-13)18(29)31-14-7-1-11(2-8-14)9-22-24-15(27)10-21-16-17(28)23-19(30)26-25-16/h1-9H,10H2,(H,21,25)(H,24,27)(H2,23,26,28,30)/b22-9+. The number of aromatic amines is 2. The van der Waals surface area contributed by atoms with Crippen LogP contribution >= 0.6 is 0 Å². The molecule has 3 rings (SSSR count). The molecule has 0 radical (unpaired) electrons. The molecular formula is C19H15FN6O5. The molecule has 3 aromatic rings. The molecule has 0 atom stereocenters. The van der Waals surface area contributed by atoms with Crippen LogP contribution in [0.1, 0.15) is 15.9 Å². The lowest BCUT2D eigenvalue weighted by Crippen LogP contribution is -2.31. The van der Waals surface area contributed by atoms with Crippen LogP contribution in [0.5, 0.6) is 5.75 Å². The lowest BCUT2D eigenvalue weighted by Gasteiger charge is -2.05. The number of hydrogen-bond acceptors (Lipinski definition) is 8. The predicted octanol–water partition coefficient (Wildman–Crippen LogP) is 0.379. The van der Waals surface area contributed by atoms with Gasteiger partial charge in [0.05, 0.1) is 18.3 Å². The third-order valence-corrected chi connectivity index (χ3v) is 3.70. The van der Waals surface area contributed by atoms with Crippen LogP contribution in [-0.2, 0) is 4.79 Å². The summed E-state index contributed by atoms with van der Waals surface area (Å²) in [5.41, 5.74) is 1.53. The number of hydrogen-bond donors (Lipinski definition) is 4. The summed E-state index contributed by atoms with van der Waals surface area (Å²) in [5.74, 6) is -1.59. The first-order chi connectivity index (χ1) is 14.9. The quantitative estimate of drug-likeness (QED) is 0.184. The Hall–Kier alpha value is -4.61. The molecular weight excluding hydrogens is 411 g/mol. The molecule has 0 spiro atoms. The van der Waals surface area contributed by atoms with Crippen molar-refractivity contribution in [2.45, 2.75) is 0 Å². The van der Waals surface area contributed by atoms with Crippen LogP contribution in [0.15, 0.2) is 63.2 Å². The van der Waals surface area contributed by atoms with E-state index in [9.17, 15) is 23.6 Å². The topological polar surface area (TPSA) is 158 Å². The highest BCUT2D eigenvalue weighted by Gasteiger charge is 2.08. The maximum absolute atomic E-state index is 12.9. The number of carbonyl (C=O) groups excluding carboxylic acids is 2. The first-order valence-electron chi connectivity index (χ1n) is 8.73. The van der Waals surface area contributed by atoms with Crippen molar-refractivity contribution in [2.24, 2.45) is 5.10 Å². The SMILES string of the molecule is O=C(CNc1n[nH]c(=O)[nH]c1=O)N/N=C/c1ccc(OC(=O)c2ccc(F)cc2)cc1. The van der Waals surface area contributed by atoms with Crippen molar-refractivity contribution >= 4 is 23.9 Å². The summed E-state index contributed by atoms with van der Waals surface area (Å²) in [7, 11) is 0. The van der Waals surface area contributed by atoms with E-state index in [1.54, 1.807) is 12.1 Å². The zero-order valence-corrected chi connectivity index (χ0v) is 15.7. The number of esters is 1. The lowest BCUT2D eigenvalue weighted by atomic mass is 10.2. The van der Waals surface area contributed by atoms with Crippen molar-refractivity contribution in [1.82, 2.24) is 20.6 Å². The van der Waals surface area contributed by atoms with Gasteiger partial charge in [-0.25, -0.2) is 24.5 Å². The zero-order valence-electron chi connectivity index (χ0n) is 15.7. The summed E-state index contributed by atoms with van der Waals surface area (Å²) in [6.45, 7) is -0.308. The van der Waals surface area contributed by atoms with E-state index in [0.717, 1.165) is 12.1 Å². The number of carbonyl (C=O) groups is 2. The van der Waals surface area contributed by atoms with E-state index >= 15 is 0 Å². The lowest BCUT2D eigenvalue weighted by molar-refractivity contribution is -0.119. The van der Waals surface area contributed by atoms with Crippen molar-refractivity contribution < 1.29 is 18.7 Å². The molecule has 0 saturated heterocycles. The Balaban J connectivity index is 1.48. The van der Waals surface area contributed by atoms with Crippen LogP contribution in [0.25, 0.3) is 0 Å². The molecule has 31 heavy (non-hydrogen) atoms. The summed E-state index contributed by atoms with van der Waals surface area (Å²) >= 11 is 0. The van der Waals surface area contributed by atoms with Gasteiger partial charge in [0, 0.05) is 0 Å². The molecule has 0 aliphatic rings. The second-order valence-electron chi connectivity index (χ2n) is 5.97. The summed E-state index contributed by atoms with van der Waals surface area (Å²) < 4.78 is 18.1. The molecule has 1 heterocycles. The van der Waals surface area contributed by atoms with E-state index in [4.69, 9.17) is 4.74 Å². The average Bonchev–Trinajstić information content (AvgIpc) is 2.75. The van der Waals surface area contributed by atoms with Gasteiger partial charge in [0.15, 0.2) is 0 Å². The van der Waals surface area contributed by atoms with E-state index < -0.39 is 28.9 Å². The van der Waals surface area contributed by atoms with Gasteiger partial charge in [-0.15, -0.1) is 5.10 Å². The molecule has 158 valence electrons. The first-order valence-corrected chi connectivity index (χ1v) is 8.73. The van der Waals surface area contributed by atoms with Crippen LogP contribution in [0.4, 0.5) is 10.2 Å². The van der Waals surface area contributed by atoms with E-state index in [1.807, 2.05) is 10.1 Å². The van der Waals surface area contributed by atoms with Crippen LogP contribution < -0.4 is 26.7 Å². The smallest absolute Gasteiger partial charge is 0.343 e. The van der Waals surface area contributed by atoms with Gasteiger partial charge in [-0.1, -0.05) is 0 Å². The molecule has 1 amide bonds. The average molecular weight is 426 g/mol. The minimum Gasteiger partial charge on any atom is -0.423 e. The molecule has 0 aliphatic carbocycles. The number of ether oxygens (including phenoxy) is 1. The maximum atomic E-state index is 12.9. The normalized spacial score (nSPS) is 10.6. The third kappa shape index (κ3) is 6.19. The molecule has 0 saturated carbocycles. The van der Waals surface area contributed by atoms with Gasteiger partial charge >= 0.3 is 11.7 Å². The maximum Gasteiger partial charge on any atom is 0.343 e. The number of halogens is 1. The van der Waals surface area contributed by atoms with Gasteiger partial charge in [-0.2, -0.15) is 5.10 Å². The number of nitrogens with zero attached hydrogens (tertiary/aromatic N) is 2. The van der Waals surface area contributed by atoms with Crippen LogP contribution in [0.3, 0.4) is 0 Å². The van der Waals surface area contributed by atoms with Gasteiger partial charge in [0.1, 0.15) is 11.6 Å². The second-order valence-corrected chi connectivity index (χ2v) is 5.97. The molecule has 11 nitrogen and oxygen atoms in total. The van der Waals surface area contributed by atoms with Gasteiger partial charge < -0.3 is 10.1 Å². The Kier molecular flexibility index (Phi) is 6.63. The van der Waals surface area contributed by atoms with Crippen molar-refractivity contribution in [3.63, 3.8) is 0 Å². The molecule has 4 N–H and O–H groups in total. The summed E-state index contributed by atoms with van der Waals surface area (Å²) in [6.07, 6.45) is 1.36. The van der Waals surface area contributed by atoms with E-state index in [1.165, 1.54) is 30.5 Å². The van der Waals surface area contributed by atoms with Crippen molar-refractivity contribution in [3.05, 3.63) is 86.3 Å². The van der Waals surface area contributed by atoms with Crippen molar-refractivity contribution in [1.29, 1.82) is 0 Å². The Morgan fingerprint density at radius 3 is 2.48 bits per heavy atom. The third-order valence-electron chi connectivity index (χ3n) is 3.70. The highest BCUT2D eigenvalue weighted by atomic mass is 19.1. The number of rotatable bonds is 7. The molecule has 12 heteroatoms. The minimum atomic E-state index is -0.764. The van der Waals surface area contributed by atoms with Crippen LogP contribution in [0, 0.1) is 5.82 Å². The number of hydrazone groups is 1. The Bertz CT molecular complexity index is 1220. The van der Waals surface area contributed by atoms with Crippen molar-refractivity contribution in [2.75, 3.05) is 11.9 Å². The molecule has 0 aliphatic heterocycles. The Morgan fingerprint density at radius 2 is 1.81 bits per heavy atom. The fourth-order valence-corrected chi connectivity index (χ4v) is 2.22. The molecule has 0 fully saturated rings. The number of aromatic nitrogens is 3. The fourth-order valence-electron chi connectivity index (χ4n) is 2.22. The summed E-state index contributed by atoms with van der Waals surface area (Å²) in [6, 6.07) is 11.2. The van der Waals surface area contributed by atoms with Gasteiger partial charge in [-0.05, 0) is 54.1 Å². The van der Waals surface area contributed by atoms with Gasteiger partial charge in [0.2, 0.25) is 5.82 Å². The number of H-pyrrole nitrogens is 2. The van der Waals surface area contributed by atoms with Gasteiger partial charge in [-0.3, -0.25) is 14.6 Å². The molecule has 2 aromatic carbocycles. The van der Waals surface area contributed by atoms with Crippen LogP contribution in [-0.4, -0.2) is 39.8 Å². The molecule has 0 unspecified atom stereocenters. The highest BCUT2D eigenvalue weighted by Crippen LogP contribution is 2.14. The first kappa shape index (κ1) is 21.1. The fraction of sp³-hybridized carbons (Fsp3) is 0.0526. The van der Waals surface area contributed by atoms with E-state index in [-0.39, 0.29) is 23.7 Å². The highest BCUT2D eigenvalue weighted by molar-refractivity contribution is 5.91. The second kappa shape index (κ2) is 9.73. The van der Waals surface area contributed by atoms with E-state index in [0.29, 0.717) is 5.56 Å². The Labute approximate surface area is 173 Å². The monoisotopic (exact) mass is 426 g/mol. The van der Waals surface area contributed by atoms with E-state index in [2.05, 4.69) is 20.9 Å². The Morgan fingerprint density at radius 1 is 1.10 bits per heavy atom. The summed E-state index contributed by atoms with van der Waals surface area (Å²) in [4.78, 5) is 48.0. The number of anilines is 1. The number of nitrogens with one attached hydrogen (secondary N) is 4. The summed E-state index contributed by atoms with van der Waals surface area (Å²) in [5, 5.41) is 11.7. The molecule has 1 aromatic heterocycles. The van der Waals surface area contributed by atoms with Crippen molar-refractivity contribution in [3.8, 4) is 5.75 Å². The largest absolute Gasteiger partial charge is 0.423 e. The van der Waals surface area contributed by atoms with Gasteiger partial charge in [0.25, 0.3) is 11.5 Å². The van der Waals surface area contributed by atoms with Crippen LogP contribution in [0.2, 0.25) is 0 Å². The predicted molar refractivity (Wildman–Crippen MR) is 108 cm³/mol.